The minimum atomic E-state index is -2.02. The summed E-state index contributed by atoms with van der Waals surface area (Å²) in [5.74, 6) is -0.714. The minimum Gasteiger partial charge on any atom is -0.390 e. The molecule has 0 spiro atoms. The van der Waals surface area contributed by atoms with Crippen LogP contribution in [0, 0.1) is 10.1 Å². The second-order valence-corrected chi connectivity index (χ2v) is 7.74. The molecule has 12 heteroatoms. The number of amides is 1. The maximum atomic E-state index is 12.4. The molecule has 1 aliphatic heterocycles. The molecule has 1 saturated heterocycles. The molecular formula is C18H23N5O6S. The second kappa shape index (κ2) is 10.4. The fourth-order valence-corrected chi connectivity index (χ4v) is 3.52. The molecule has 30 heavy (non-hydrogen) atoms. The number of aromatic nitrogens is 2. The molecular weight excluding hydrogens is 414 g/mol. The number of nitrogens with zero attached hydrogens (tertiary/aromatic N) is 4. The van der Waals surface area contributed by atoms with Crippen LogP contribution in [-0.4, -0.2) is 66.9 Å². The van der Waals surface area contributed by atoms with E-state index in [0.29, 0.717) is 56.4 Å². The van der Waals surface area contributed by atoms with Crippen LogP contribution in [0.15, 0.2) is 35.4 Å². The number of hydrogen-bond donors (Lipinski definition) is 2. The quantitative estimate of drug-likeness (QED) is 0.330. The van der Waals surface area contributed by atoms with Crippen molar-refractivity contribution in [1.29, 1.82) is 0 Å². The van der Waals surface area contributed by atoms with Crippen LogP contribution in [0.5, 0.6) is 0 Å². The molecule has 1 aromatic carbocycles. The molecule has 1 fully saturated rings. The number of rotatable bonds is 9. The van der Waals surface area contributed by atoms with Crippen LogP contribution in [0.1, 0.15) is 11.3 Å². The van der Waals surface area contributed by atoms with E-state index in [1.165, 1.54) is 10.8 Å². The van der Waals surface area contributed by atoms with E-state index in [-0.39, 0.29) is 18.4 Å². The second-order valence-electron chi connectivity index (χ2n) is 6.77. The smallest absolute Gasteiger partial charge is 0.390 e. The van der Waals surface area contributed by atoms with E-state index in [1.807, 2.05) is 0 Å². The predicted octanol–water partition coefficient (Wildman–Crippen LogP) is 0.563. The molecule has 2 heterocycles. The van der Waals surface area contributed by atoms with Crippen molar-refractivity contribution in [3.05, 3.63) is 51.8 Å². The Morgan fingerprint density at radius 1 is 1.30 bits per heavy atom. The number of ether oxygens (including phenoxy) is 1. The molecule has 1 aromatic heterocycles. The lowest BCUT2D eigenvalue weighted by molar-refractivity contribution is -0.396. The van der Waals surface area contributed by atoms with Gasteiger partial charge in [-0.1, -0.05) is 17.1 Å². The summed E-state index contributed by atoms with van der Waals surface area (Å²) in [5, 5.41) is 14.1. The number of carbonyl (C=O) groups is 1. The monoisotopic (exact) mass is 437 g/mol. The van der Waals surface area contributed by atoms with Crippen molar-refractivity contribution in [2.24, 2.45) is 0 Å². The van der Waals surface area contributed by atoms with Crippen LogP contribution >= 0.6 is 0 Å². The number of nitro groups is 1. The standard InChI is InChI=1S/C18H23N5O6S/c24-17(19-6-5-14-1-3-16(4-2-14)30(27)28)13-22-15(11-20-18(22)23(25)26)12-21-7-9-29-10-8-21/h1-4,11H,5-10,12-13H2,(H,19,24)(H,27,28). The largest absolute Gasteiger partial charge is 0.435 e. The summed E-state index contributed by atoms with van der Waals surface area (Å²) >= 11 is -2.02. The van der Waals surface area contributed by atoms with E-state index in [9.17, 15) is 19.1 Å². The normalized spacial score (nSPS) is 15.6. The zero-order valence-electron chi connectivity index (χ0n) is 16.2. The number of nitrogens with one attached hydrogen (secondary N) is 1. The molecule has 2 N–H and O–H groups in total. The summed E-state index contributed by atoms with van der Waals surface area (Å²) in [6.45, 7) is 3.23. The van der Waals surface area contributed by atoms with Crippen molar-refractivity contribution in [3.8, 4) is 0 Å². The highest BCUT2D eigenvalue weighted by Crippen LogP contribution is 2.16. The van der Waals surface area contributed by atoms with Crippen LogP contribution in [0.2, 0.25) is 0 Å². The van der Waals surface area contributed by atoms with Gasteiger partial charge in [0.25, 0.3) is 5.91 Å². The Morgan fingerprint density at radius 3 is 2.63 bits per heavy atom. The molecule has 162 valence electrons. The van der Waals surface area contributed by atoms with Crippen molar-refractivity contribution < 1.29 is 23.2 Å². The van der Waals surface area contributed by atoms with Gasteiger partial charge in [-0.05, 0) is 29.0 Å². The first-order chi connectivity index (χ1) is 14.4. The zero-order valence-corrected chi connectivity index (χ0v) is 17.0. The van der Waals surface area contributed by atoms with Crippen LogP contribution in [0.3, 0.4) is 0 Å². The van der Waals surface area contributed by atoms with Gasteiger partial charge in [-0.2, -0.15) is 0 Å². The van der Waals surface area contributed by atoms with Crippen molar-refractivity contribution in [1.82, 2.24) is 19.8 Å². The molecule has 3 rings (SSSR count). The first-order valence-electron chi connectivity index (χ1n) is 9.39. The van der Waals surface area contributed by atoms with Gasteiger partial charge in [-0.15, -0.1) is 0 Å². The lowest BCUT2D eigenvalue weighted by atomic mass is 10.1. The number of imidazole rings is 1. The molecule has 0 saturated carbocycles. The average Bonchev–Trinajstić information content (AvgIpc) is 3.11. The average molecular weight is 437 g/mol. The molecule has 0 bridgehead atoms. The van der Waals surface area contributed by atoms with Gasteiger partial charge in [-0.3, -0.25) is 9.69 Å². The van der Waals surface area contributed by atoms with E-state index < -0.39 is 16.0 Å². The fraction of sp³-hybridized carbons (Fsp3) is 0.444. The van der Waals surface area contributed by atoms with Gasteiger partial charge in [0.05, 0.1) is 24.7 Å². The molecule has 0 aliphatic carbocycles. The number of morpholine rings is 1. The molecule has 11 nitrogen and oxygen atoms in total. The zero-order chi connectivity index (χ0) is 21.5. The lowest BCUT2D eigenvalue weighted by Crippen LogP contribution is -2.37. The van der Waals surface area contributed by atoms with Gasteiger partial charge >= 0.3 is 5.95 Å². The minimum absolute atomic E-state index is 0.196. The van der Waals surface area contributed by atoms with Gasteiger partial charge in [0.1, 0.15) is 11.9 Å². The molecule has 1 atom stereocenters. The number of benzene rings is 1. The molecule has 0 radical (unpaired) electrons. The lowest BCUT2D eigenvalue weighted by Gasteiger charge is -2.25. The number of carbonyl (C=O) groups excluding carboxylic acids is 1. The third-order valence-corrected chi connectivity index (χ3v) is 5.41. The Bertz CT molecular complexity index is 910. The third-order valence-electron chi connectivity index (χ3n) is 4.73. The summed E-state index contributed by atoms with van der Waals surface area (Å²) in [6, 6.07) is 6.55. The maximum Gasteiger partial charge on any atom is 0.435 e. The van der Waals surface area contributed by atoms with Crippen molar-refractivity contribution in [3.63, 3.8) is 0 Å². The van der Waals surface area contributed by atoms with Gasteiger partial charge in [0.2, 0.25) is 0 Å². The van der Waals surface area contributed by atoms with E-state index in [2.05, 4.69) is 15.2 Å². The molecule has 1 amide bonds. The summed E-state index contributed by atoms with van der Waals surface area (Å²) < 4.78 is 26.6. The van der Waals surface area contributed by atoms with Crippen LogP contribution < -0.4 is 5.32 Å². The Hall–Kier alpha value is -2.67. The summed E-state index contributed by atoms with van der Waals surface area (Å²) in [4.78, 5) is 29.4. The highest BCUT2D eigenvalue weighted by Gasteiger charge is 2.25. The van der Waals surface area contributed by atoms with E-state index in [4.69, 9.17) is 9.29 Å². The van der Waals surface area contributed by atoms with E-state index >= 15 is 0 Å². The van der Waals surface area contributed by atoms with E-state index in [0.717, 1.165) is 5.56 Å². The van der Waals surface area contributed by atoms with E-state index in [1.54, 1.807) is 24.3 Å². The van der Waals surface area contributed by atoms with Crippen molar-refractivity contribution in [2.75, 3.05) is 32.8 Å². The molecule has 2 aromatic rings. The number of hydrogen-bond acceptors (Lipinski definition) is 7. The fourth-order valence-electron chi connectivity index (χ4n) is 3.15. The summed E-state index contributed by atoms with van der Waals surface area (Å²) in [6.07, 6.45) is 1.96. The first-order valence-corrected chi connectivity index (χ1v) is 10.5. The maximum absolute atomic E-state index is 12.4. The predicted molar refractivity (Wildman–Crippen MR) is 107 cm³/mol. The highest BCUT2D eigenvalue weighted by molar-refractivity contribution is 7.79. The third kappa shape index (κ3) is 5.92. The Morgan fingerprint density at radius 2 is 2.00 bits per heavy atom. The van der Waals surface area contributed by atoms with Gasteiger partial charge in [0, 0.05) is 19.6 Å². The van der Waals surface area contributed by atoms with Crippen LogP contribution in [0.25, 0.3) is 0 Å². The highest BCUT2D eigenvalue weighted by atomic mass is 32.2. The Balaban J connectivity index is 1.57. The topological polar surface area (TPSA) is 140 Å². The van der Waals surface area contributed by atoms with Crippen molar-refractivity contribution in [2.45, 2.75) is 24.4 Å². The van der Waals surface area contributed by atoms with Gasteiger partial charge in [0.15, 0.2) is 17.6 Å². The van der Waals surface area contributed by atoms with Gasteiger partial charge in [-0.25, -0.2) is 8.78 Å². The first kappa shape index (κ1) is 22.0. The Kier molecular flexibility index (Phi) is 7.63. The van der Waals surface area contributed by atoms with Crippen LogP contribution in [-0.2, 0) is 40.1 Å². The summed E-state index contributed by atoms with van der Waals surface area (Å²) in [5.41, 5.74) is 1.50. The summed E-state index contributed by atoms with van der Waals surface area (Å²) in [7, 11) is 0. The molecule has 1 aliphatic rings. The van der Waals surface area contributed by atoms with Crippen LogP contribution in [0.4, 0.5) is 5.95 Å². The SMILES string of the molecule is O=C(Cn1c(CN2CCOCC2)cnc1[N+](=O)[O-])NCCc1ccc(S(=O)O)cc1. The van der Waals surface area contributed by atoms with Gasteiger partial charge < -0.3 is 24.7 Å². The molecule has 1 unspecified atom stereocenters. The Labute approximate surface area is 175 Å². The van der Waals surface area contributed by atoms with Crippen molar-refractivity contribution >= 4 is 22.9 Å².